The number of aromatic nitrogens is 3. The van der Waals surface area contributed by atoms with Crippen molar-refractivity contribution in [3.8, 4) is 0 Å². The Morgan fingerprint density at radius 2 is 1.85 bits per heavy atom. The molecule has 0 radical (unpaired) electrons. The largest absolute Gasteiger partial charge is 0.328 e. The first-order valence-corrected chi connectivity index (χ1v) is 8.79. The van der Waals surface area contributed by atoms with Crippen molar-refractivity contribution in [2.45, 2.75) is 51.6 Å². The molecule has 0 atom stereocenters. The molecule has 1 aliphatic rings. The zero-order valence-corrected chi connectivity index (χ0v) is 16.3. The van der Waals surface area contributed by atoms with Gasteiger partial charge in [-0.15, -0.1) is 17.5 Å². The number of anilines is 2. The van der Waals surface area contributed by atoms with E-state index in [0.717, 1.165) is 31.2 Å². The second kappa shape index (κ2) is 8.96. The van der Waals surface area contributed by atoms with Crippen molar-refractivity contribution < 1.29 is 9.59 Å². The molecule has 0 spiro atoms. The quantitative estimate of drug-likeness (QED) is 0.739. The fraction of sp³-hybridized carbons (Fsp3) is 0.444. The Morgan fingerprint density at radius 1 is 1.15 bits per heavy atom. The molecular formula is C18H25ClN6O2. The molecule has 0 unspecified atom stereocenters. The molecule has 3 rings (SSSR count). The number of nitrogens with two attached hydrogens (primary N) is 1. The Bertz CT molecular complexity index is 814. The van der Waals surface area contributed by atoms with Crippen molar-refractivity contribution in [3.63, 3.8) is 0 Å². The lowest BCUT2D eigenvalue weighted by atomic mass is 9.92. The number of carbonyl (C=O) groups is 2. The molecular weight excluding hydrogens is 368 g/mol. The maximum absolute atomic E-state index is 12.6. The van der Waals surface area contributed by atoms with Crippen molar-refractivity contribution in [3.05, 3.63) is 35.7 Å². The number of benzene rings is 1. The highest BCUT2D eigenvalue weighted by molar-refractivity contribution is 6.05. The summed E-state index contributed by atoms with van der Waals surface area (Å²) in [6, 6.07) is 5.92. The van der Waals surface area contributed by atoms with Crippen LogP contribution in [0.2, 0.25) is 0 Å². The van der Waals surface area contributed by atoms with Gasteiger partial charge in [0.1, 0.15) is 0 Å². The second-order valence-corrected chi connectivity index (χ2v) is 6.84. The summed E-state index contributed by atoms with van der Waals surface area (Å²) in [4.78, 5) is 23.9. The molecule has 0 bridgehead atoms. The third-order valence-electron chi connectivity index (χ3n) is 4.59. The van der Waals surface area contributed by atoms with Crippen LogP contribution in [-0.4, -0.2) is 32.9 Å². The van der Waals surface area contributed by atoms with Crippen LogP contribution in [0.4, 0.5) is 11.4 Å². The van der Waals surface area contributed by atoms with E-state index in [1.807, 2.05) is 13.0 Å². The average Bonchev–Trinajstić information content (AvgIpc) is 3.08. The zero-order valence-electron chi connectivity index (χ0n) is 15.4. The van der Waals surface area contributed by atoms with Gasteiger partial charge in [0, 0.05) is 13.0 Å². The van der Waals surface area contributed by atoms with Gasteiger partial charge in [0.2, 0.25) is 5.91 Å². The first-order valence-electron chi connectivity index (χ1n) is 8.79. The van der Waals surface area contributed by atoms with Gasteiger partial charge in [-0.2, -0.15) is 0 Å². The summed E-state index contributed by atoms with van der Waals surface area (Å²) < 4.78 is 1.76. The summed E-state index contributed by atoms with van der Waals surface area (Å²) in [7, 11) is 0. The van der Waals surface area contributed by atoms with Crippen LogP contribution in [0.1, 0.15) is 54.7 Å². The van der Waals surface area contributed by atoms with Crippen LogP contribution < -0.4 is 16.4 Å². The lowest BCUT2D eigenvalue weighted by molar-refractivity contribution is -0.114. The summed E-state index contributed by atoms with van der Waals surface area (Å²) in [5, 5.41) is 13.6. The number of aryl methyl sites for hydroxylation is 1. The van der Waals surface area contributed by atoms with Crippen LogP contribution in [0, 0.1) is 6.92 Å². The standard InChI is InChI=1S/C18H24N6O2.ClH/c1-11-3-8-15(20-12(2)25)16(9-11)21-18(26)17-10-24(23-22-17)14-6-4-13(19)5-7-14;/h3,8-10,13-14H,4-7,19H2,1-2H3,(H,20,25)(H,21,26);1H. The highest BCUT2D eigenvalue weighted by atomic mass is 35.5. The minimum absolute atomic E-state index is 0. The smallest absolute Gasteiger partial charge is 0.277 e. The number of hydrogen-bond acceptors (Lipinski definition) is 5. The van der Waals surface area contributed by atoms with E-state index in [9.17, 15) is 9.59 Å². The monoisotopic (exact) mass is 392 g/mol. The Morgan fingerprint density at radius 3 is 2.52 bits per heavy atom. The number of nitrogens with one attached hydrogen (secondary N) is 2. The molecule has 4 N–H and O–H groups in total. The maximum atomic E-state index is 12.6. The van der Waals surface area contributed by atoms with Crippen molar-refractivity contribution in [2.24, 2.45) is 5.73 Å². The van der Waals surface area contributed by atoms with Gasteiger partial charge < -0.3 is 16.4 Å². The van der Waals surface area contributed by atoms with Gasteiger partial charge in [-0.25, -0.2) is 4.68 Å². The number of hydrogen-bond donors (Lipinski definition) is 3. The average molecular weight is 393 g/mol. The number of nitrogens with zero attached hydrogens (tertiary/aromatic N) is 3. The van der Waals surface area contributed by atoms with Crippen LogP contribution in [0.5, 0.6) is 0 Å². The molecule has 1 aromatic heterocycles. The van der Waals surface area contributed by atoms with Gasteiger partial charge in [-0.05, 0) is 50.3 Å². The minimum Gasteiger partial charge on any atom is -0.328 e. The van der Waals surface area contributed by atoms with E-state index >= 15 is 0 Å². The third-order valence-corrected chi connectivity index (χ3v) is 4.59. The van der Waals surface area contributed by atoms with E-state index in [4.69, 9.17) is 5.73 Å². The van der Waals surface area contributed by atoms with Crippen LogP contribution in [0.15, 0.2) is 24.4 Å². The van der Waals surface area contributed by atoms with E-state index in [0.29, 0.717) is 11.4 Å². The summed E-state index contributed by atoms with van der Waals surface area (Å²) >= 11 is 0. The Balaban J connectivity index is 0.00000261. The van der Waals surface area contributed by atoms with Gasteiger partial charge in [0.25, 0.3) is 5.91 Å². The first-order chi connectivity index (χ1) is 12.4. The SMILES string of the molecule is CC(=O)Nc1ccc(C)cc1NC(=O)c1cn(C2CCC(N)CC2)nn1.Cl. The molecule has 1 heterocycles. The Labute approximate surface area is 164 Å². The highest BCUT2D eigenvalue weighted by Gasteiger charge is 2.22. The van der Waals surface area contributed by atoms with Crippen LogP contribution in [0.25, 0.3) is 0 Å². The fourth-order valence-electron chi connectivity index (χ4n) is 3.17. The Hall–Kier alpha value is -2.45. The molecule has 1 aliphatic carbocycles. The van der Waals surface area contributed by atoms with E-state index in [-0.39, 0.29) is 42.0 Å². The summed E-state index contributed by atoms with van der Waals surface area (Å²) in [5.41, 5.74) is 8.23. The highest BCUT2D eigenvalue weighted by Crippen LogP contribution is 2.27. The second-order valence-electron chi connectivity index (χ2n) is 6.84. The lowest BCUT2D eigenvalue weighted by Gasteiger charge is -2.25. The number of rotatable bonds is 4. The van der Waals surface area contributed by atoms with Gasteiger partial charge in [0.15, 0.2) is 5.69 Å². The molecule has 0 saturated heterocycles. The molecule has 146 valence electrons. The summed E-state index contributed by atoms with van der Waals surface area (Å²) in [6.07, 6.45) is 5.46. The minimum atomic E-state index is -0.360. The maximum Gasteiger partial charge on any atom is 0.277 e. The molecule has 0 aliphatic heterocycles. The number of halogens is 1. The molecule has 1 saturated carbocycles. The van der Waals surface area contributed by atoms with Crippen molar-refractivity contribution in [1.29, 1.82) is 0 Å². The van der Waals surface area contributed by atoms with Gasteiger partial charge in [-0.1, -0.05) is 11.3 Å². The molecule has 8 nitrogen and oxygen atoms in total. The van der Waals surface area contributed by atoms with E-state index in [2.05, 4.69) is 20.9 Å². The lowest BCUT2D eigenvalue weighted by Crippen LogP contribution is -2.28. The van der Waals surface area contributed by atoms with Crippen molar-refractivity contribution in [2.75, 3.05) is 10.6 Å². The predicted octanol–water partition coefficient (Wildman–Crippen LogP) is 2.66. The van der Waals surface area contributed by atoms with Crippen LogP contribution in [0.3, 0.4) is 0 Å². The fourth-order valence-corrected chi connectivity index (χ4v) is 3.17. The summed E-state index contributed by atoms with van der Waals surface area (Å²) in [5.74, 6) is -0.563. The normalized spacial score (nSPS) is 19.1. The first kappa shape index (κ1) is 20.9. The van der Waals surface area contributed by atoms with Crippen LogP contribution in [-0.2, 0) is 4.79 Å². The molecule has 2 aromatic rings. The number of carbonyl (C=O) groups excluding carboxylic acids is 2. The van der Waals surface area contributed by atoms with E-state index < -0.39 is 0 Å². The van der Waals surface area contributed by atoms with Crippen LogP contribution >= 0.6 is 12.4 Å². The van der Waals surface area contributed by atoms with Gasteiger partial charge in [-0.3, -0.25) is 9.59 Å². The molecule has 1 aromatic carbocycles. The topological polar surface area (TPSA) is 115 Å². The van der Waals surface area contributed by atoms with Gasteiger partial charge in [0.05, 0.1) is 23.6 Å². The zero-order chi connectivity index (χ0) is 18.7. The molecule has 1 fully saturated rings. The van der Waals surface area contributed by atoms with Crippen molar-refractivity contribution >= 4 is 35.6 Å². The van der Waals surface area contributed by atoms with E-state index in [1.165, 1.54) is 6.92 Å². The molecule has 9 heteroatoms. The number of amides is 2. The Kier molecular flexibility index (Phi) is 6.92. The van der Waals surface area contributed by atoms with Gasteiger partial charge >= 0.3 is 0 Å². The summed E-state index contributed by atoms with van der Waals surface area (Å²) in [6.45, 7) is 3.34. The van der Waals surface area contributed by atoms with Crippen molar-refractivity contribution in [1.82, 2.24) is 15.0 Å². The predicted molar refractivity (Wildman–Crippen MR) is 106 cm³/mol. The molecule has 27 heavy (non-hydrogen) atoms. The van der Waals surface area contributed by atoms with E-state index in [1.54, 1.807) is 23.0 Å². The third kappa shape index (κ3) is 5.27. The molecule has 2 amide bonds.